The number of nitro groups is 2. The SMILES string of the molecule is O=C(NCC1CCC=CO1)c1cc([N+](=O)[O-])cc([N+](=O)[O-])c1. The smallest absolute Gasteiger partial charge is 0.277 e. The lowest BCUT2D eigenvalue weighted by molar-refractivity contribution is -0.394. The number of carbonyl (C=O) groups is 1. The van der Waals surface area contributed by atoms with E-state index in [0.717, 1.165) is 31.0 Å². The number of nitrogens with one attached hydrogen (secondary N) is 1. The van der Waals surface area contributed by atoms with Gasteiger partial charge in [-0.15, -0.1) is 0 Å². The molecule has 1 unspecified atom stereocenters. The summed E-state index contributed by atoms with van der Waals surface area (Å²) in [6.45, 7) is 0.222. The van der Waals surface area contributed by atoms with Gasteiger partial charge in [-0.05, 0) is 18.9 Å². The number of hydrogen-bond donors (Lipinski definition) is 1. The summed E-state index contributed by atoms with van der Waals surface area (Å²) in [6.07, 6.45) is 4.82. The predicted molar refractivity (Wildman–Crippen MR) is 75.3 cm³/mol. The molecule has 1 N–H and O–H groups in total. The van der Waals surface area contributed by atoms with Gasteiger partial charge in [-0.1, -0.05) is 0 Å². The zero-order valence-corrected chi connectivity index (χ0v) is 11.4. The van der Waals surface area contributed by atoms with Gasteiger partial charge in [-0.25, -0.2) is 0 Å². The summed E-state index contributed by atoms with van der Waals surface area (Å²) in [7, 11) is 0. The van der Waals surface area contributed by atoms with Gasteiger partial charge in [0.05, 0.1) is 34.3 Å². The molecule has 116 valence electrons. The molecular formula is C13H13N3O6. The molecule has 9 nitrogen and oxygen atoms in total. The van der Waals surface area contributed by atoms with E-state index in [-0.39, 0.29) is 18.2 Å². The van der Waals surface area contributed by atoms with E-state index in [1.165, 1.54) is 0 Å². The highest BCUT2D eigenvalue weighted by molar-refractivity contribution is 5.95. The lowest BCUT2D eigenvalue weighted by Crippen LogP contribution is -2.33. The van der Waals surface area contributed by atoms with E-state index in [1.807, 2.05) is 6.08 Å². The van der Waals surface area contributed by atoms with Crippen LogP contribution in [-0.4, -0.2) is 28.4 Å². The van der Waals surface area contributed by atoms with Gasteiger partial charge in [0, 0.05) is 12.1 Å². The quantitative estimate of drug-likeness (QED) is 0.654. The molecule has 0 fully saturated rings. The third kappa shape index (κ3) is 3.78. The Balaban J connectivity index is 2.12. The number of rotatable bonds is 5. The highest BCUT2D eigenvalue weighted by atomic mass is 16.6. The van der Waals surface area contributed by atoms with Crippen LogP contribution >= 0.6 is 0 Å². The standard InChI is InChI=1S/C13H13N3O6/c17-13(14-8-12-3-1-2-4-22-12)9-5-10(15(18)19)7-11(6-9)16(20)21/h2,4-7,12H,1,3,8H2,(H,14,17). The Bertz CT molecular complexity index is 610. The van der Waals surface area contributed by atoms with Crippen molar-refractivity contribution in [2.75, 3.05) is 6.54 Å². The maximum atomic E-state index is 12.0. The fraction of sp³-hybridized carbons (Fsp3) is 0.308. The largest absolute Gasteiger partial charge is 0.497 e. The molecule has 0 radical (unpaired) electrons. The molecule has 1 aliphatic rings. The lowest BCUT2D eigenvalue weighted by Gasteiger charge is -2.19. The van der Waals surface area contributed by atoms with Crippen molar-refractivity contribution in [3.63, 3.8) is 0 Å². The Kier molecular flexibility index (Phi) is 4.66. The van der Waals surface area contributed by atoms with Gasteiger partial charge in [0.25, 0.3) is 17.3 Å². The first-order valence-corrected chi connectivity index (χ1v) is 6.50. The molecule has 2 rings (SSSR count). The van der Waals surface area contributed by atoms with E-state index < -0.39 is 27.1 Å². The third-order valence-electron chi connectivity index (χ3n) is 3.10. The van der Waals surface area contributed by atoms with Crippen LogP contribution in [0.4, 0.5) is 11.4 Å². The minimum atomic E-state index is -0.779. The predicted octanol–water partition coefficient (Wildman–Crippen LogP) is 1.93. The first-order valence-electron chi connectivity index (χ1n) is 6.50. The van der Waals surface area contributed by atoms with Crippen LogP contribution in [0.2, 0.25) is 0 Å². The van der Waals surface area contributed by atoms with Gasteiger partial charge >= 0.3 is 0 Å². The maximum absolute atomic E-state index is 12.0. The molecule has 1 aromatic rings. The van der Waals surface area contributed by atoms with Crippen molar-refractivity contribution in [2.24, 2.45) is 0 Å². The van der Waals surface area contributed by atoms with E-state index in [2.05, 4.69) is 5.32 Å². The van der Waals surface area contributed by atoms with Crippen LogP contribution in [0, 0.1) is 20.2 Å². The number of nitro benzene ring substituents is 2. The minimum Gasteiger partial charge on any atom is -0.497 e. The van der Waals surface area contributed by atoms with Crippen LogP contribution in [0.1, 0.15) is 23.2 Å². The highest BCUT2D eigenvalue weighted by Gasteiger charge is 2.20. The summed E-state index contributed by atoms with van der Waals surface area (Å²) in [5.41, 5.74) is -1.14. The van der Waals surface area contributed by atoms with Crippen molar-refractivity contribution in [1.29, 1.82) is 0 Å². The number of nitrogens with zero attached hydrogens (tertiary/aromatic N) is 2. The number of hydrogen-bond acceptors (Lipinski definition) is 6. The zero-order valence-electron chi connectivity index (χ0n) is 11.4. The van der Waals surface area contributed by atoms with Crippen LogP contribution in [0.25, 0.3) is 0 Å². The number of allylic oxidation sites excluding steroid dienone is 1. The maximum Gasteiger partial charge on any atom is 0.277 e. The molecule has 9 heteroatoms. The monoisotopic (exact) mass is 307 g/mol. The highest BCUT2D eigenvalue weighted by Crippen LogP contribution is 2.22. The van der Waals surface area contributed by atoms with Crippen LogP contribution < -0.4 is 5.32 Å². The second-order valence-electron chi connectivity index (χ2n) is 4.67. The summed E-state index contributed by atoms with van der Waals surface area (Å²) in [5, 5.41) is 24.1. The van der Waals surface area contributed by atoms with Gasteiger partial charge in [-0.3, -0.25) is 25.0 Å². The van der Waals surface area contributed by atoms with Crippen molar-refractivity contribution in [3.8, 4) is 0 Å². The Labute approximate surface area is 124 Å². The molecule has 22 heavy (non-hydrogen) atoms. The van der Waals surface area contributed by atoms with Crippen molar-refractivity contribution in [1.82, 2.24) is 5.32 Å². The second kappa shape index (κ2) is 6.66. The second-order valence-corrected chi connectivity index (χ2v) is 4.67. The lowest BCUT2D eigenvalue weighted by atomic mass is 10.1. The molecule has 0 aromatic heterocycles. The molecule has 0 bridgehead atoms. The number of carbonyl (C=O) groups excluding carboxylic acids is 1. The Morgan fingerprint density at radius 3 is 2.36 bits per heavy atom. The first kappa shape index (κ1) is 15.4. The Hall–Kier alpha value is -2.97. The first-order chi connectivity index (χ1) is 10.5. The molecule has 0 spiro atoms. The number of amides is 1. The van der Waals surface area contributed by atoms with Gasteiger partial charge < -0.3 is 10.1 Å². The normalized spacial score (nSPS) is 16.6. The van der Waals surface area contributed by atoms with Crippen molar-refractivity contribution in [2.45, 2.75) is 18.9 Å². The topological polar surface area (TPSA) is 125 Å². The third-order valence-corrected chi connectivity index (χ3v) is 3.10. The summed E-state index contributed by atoms with van der Waals surface area (Å²) in [5.74, 6) is -0.620. The fourth-order valence-corrected chi connectivity index (χ4v) is 1.98. The van der Waals surface area contributed by atoms with Gasteiger partial charge in [0.15, 0.2) is 0 Å². The van der Waals surface area contributed by atoms with E-state index in [4.69, 9.17) is 4.74 Å². The number of benzene rings is 1. The molecule has 1 heterocycles. The van der Waals surface area contributed by atoms with Gasteiger partial charge in [0.2, 0.25) is 0 Å². The Morgan fingerprint density at radius 2 is 1.86 bits per heavy atom. The van der Waals surface area contributed by atoms with Crippen molar-refractivity contribution < 1.29 is 19.4 Å². The van der Waals surface area contributed by atoms with E-state index in [0.29, 0.717) is 0 Å². The number of ether oxygens (including phenoxy) is 1. The molecular weight excluding hydrogens is 294 g/mol. The average Bonchev–Trinajstić information content (AvgIpc) is 2.53. The van der Waals surface area contributed by atoms with Gasteiger partial charge in [0.1, 0.15) is 6.10 Å². The number of non-ortho nitro benzene ring substituents is 2. The van der Waals surface area contributed by atoms with Crippen LogP contribution in [0.15, 0.2) is 30.5 Å². The summed E-state index contributed by atoms with van der Waals surface area (Å²) in [4.78, 5) is 32.0. The van der Waals surface area contributed by atoms with E-state index in [1.54, 1.807) is 6.26 Å². The summed E-state index contributed by atoms with van der Waals surface area (Å²) in [6, 6.07) is 2.82. The van der Waals surface area contributed by atoms with Crippen molar-refractivity contribution in [3.05, 3.63) is 56.3 Å². The molecule has 1 amide bonds. The van der Waals surface area contributed by atoms with E-state index >= 15 is 0 Å². The summed E-state index contributed by atoms with van der Waals surface area (Å²) < 4.78 is 5.28. The van der Waals surface area contributed by atoms with Crippen LogP contribution in [-0.2, 0) is 4.74 Å². The Morgan fingerprint density at radius 1 is 1.23 bits per heavy atom. The fourth-order valence-electron chi connectivity index (χ4n) is 1.98. The van der Waals surface area contributed by atoms with Crippen molar-refractivity contribution >= 4 is 17.3 Å². The molecule has 1 atom stereocenters. The average molecular weight is 307 g/mol. The molecule has 1 aromatic carbocycles. The molecule has 1 aliphatic heterocycles. The molecule has 0 aliphatic carbocycles. The molecule has 0 saturated carbocycles. The minimum absolute atomic E-state index is 0.132. The van der Waals surface area contributed by atoms with Gasteiger partial charge in [-0.2, -0.15) is 0 Å². The van der Waals surface area contributed by atoms with Crippen LogP contribution in [0.5, 0.6) is 0 Å². The summed E-state index contributed by atoms with van der Waals surface area (Å²) >= 11 is 0. The van der Waals surface area contributed by atoms with E-state index in [9.17, 15) is 25.0 Å². The zero-order chi connectivity index (χ0) is 16.1. The van der Waals surface area contributed by atoms with Crippen LogP contribution in [0.3, 0.4) is 0 Å². The molecule has 0 saturated heterocycles.